The first kappa shape index (κ1) is 45.5. The molecule has 0 bridgehead atoms. The van der Waals surface area contributed by atoms with Crippen molar-refractivity contribution in [2.75, 3.05) is 31.6 Å². The Kier molecular flexibility index (Phi) is 15.4. The fraction of sp³-hybridized carbons (Fsp3) is 0.727. The molecule has 3 heterocycles. The van der Waals surface area contributed by atoms with Crippen molar-refractivity contribution >= 4 is 47.6 Å². The Balaban J connectivity index is 0.000000389. The Bertz CT molecular complexity index is 1870. The molecule has 5 rings (SSSR count). The maximum Gasteiger partial charge on any atom is 0.419 e. The lowest BCUT2D eigenvalue weighted by atomic mass is 9.89. The van der Waals surface area contributed by atoms with E-state index in [1.165, 1.54) is 4.31 Å². The minimum Gasteiger partial charge on any atom is -0.466 e. The zero-order valence-corrected chi connectivity index (χ0v) is 33.1. The van der Waals surface area contributed by atoms with Gasteiger partial charge >= 0.3 is 24.3 Å². The molecule has 0 spiro atoms. The number of carbonyl (C=O) groups excluding carboxylic acids is 2. The quantitative estimate of drug-likeness (QED) is 0.160. The van der Waals surface area contributed by atoms with E-state index in [-0.39, 0.29) is 61.5 Å². The number of aromatic nitrogens is 4. The van der Waals surface area contributed by atoms with Crippen molar-refractivity contribution < 1.29 is 62.2 Å². The molecule has 4 atom stereocenters. The fourth-order valence-electron chi connectivity index (χ4n) is 7.05. The number of nitrogens with zero attached hydrogens (tertiary/aromatic N) is 5. The number of ether oxygens (including phenoxy) is 2. The summed E-state index contributed by atoms with van der Waals surface area (Å²) in [7, 11) is -1.95. The van der Waals surface area contributed by atoms with Crippen LogP contribution in [0.1, 0.15) is 83.6 Å². The van der Waals surface area contributed by atoms with E-state index in [0.29, 0.717) is 75.3 Å². The molecule has 1 aliphatic heterocycles. The summed E-state index contributed by atoms with van der Waals surface area (Å²) in [6.45, 7) is 2.80. The molecule has 3 fully saturated rings. The highest BCUT2D eigenvalue weighted by atomic mass is 35.7. The number of alkyl halides is 6. The molecule has 0 aromatic carbocycles. The van der Waals surface area contributed by atoms with Crippen LogP contribution < -0.4 is 5.32 Å². The molecule has 3 aliphatic rings. The second-order valence-electron chi connectivity index (χ2n) is 13.8. The largest absolute Gasteiger partial charge is 0.466 e. The number of rotatable bonds is 11. The van der Waals surface area contributed by atoms with Crippen LogP contribution in [0.5, 0.6) is 0 Å². The van der Waals surface area contributed by atoms with Gasteiger partial charge in [-0.15, -0.1) is 0 Å². The van der Waals surface area contributed by atoms with Crippen LogP contribution in [-0.4, -0.2) is 102 Å². The first-order valence-corrected chi connectivity index (χ1v) is 22.1. The Morgan fingerprint density at radius 1 is 0.857 bits per heavy atom. The van der Waals surface area contributed by atoms with Gasteiger partial charge in [-0.2, -0.15) is 31.4 Å². The average Bonchev–Trinajstić information content (AvgIpc) is 3.58. The number of esters is 2. The van der Waals surface area contributed by atoms with Crippen LogP contribution >= 0.6 is 10.7 Å². The van der Waals surface area contributed by atoms with Gasteiger partial charge in [0, 0.05) is 47.8 Å². The summed E-state index contributed by atoms with van der Waals surface area (Å²) in [5, 5.41) is 5.13. The predicted molar refractivity (Wildman–Crippen MR) is 191 cm³/mol. The first-order chi connectivity index (χ1) is 26.1. The second kappa shape index (κ2) is 19.0. The number of halogens is 7. The summed E-state index contributed by atoms with van der Waals surface area (Å²) >= 11 is 0. The molecule has 23 heteroatoms. The van der Waals surface area contributed by atoms with E-state index in [9.17, 15) is 52.8 Å². The minimum atomic E-state index is -4.87. The molecule has 14 nitrogen and oxygen atoms in total. The van der Waals surface area contributed by atoms with Gasteiger partial charge in [0.05, 0.1) is 47.4 Å². The van der Waals surface area contributed by atoms with E-state index in [4.69, 9.17) is 20.2 Å². The molecule has 56 heavy (non-hydrogen) atoms. The highest BCUT2D eigenvalue weighted by Crippen LogP contribution is 2.37. The van der Waals surface area contributed by atoms with Gasteiger partial charge in [-0.05, 0) is 65.2 Å². The number of sulfonamides is 1. The van der Waals surface area contributed by atoms with E-state index < -0.39 is 65.6 Å². The van der Waals surface area contributed by atoms with Gasteiger partial charge < -0.3 is 14.8 Å². The molecule has 2 aromatic rings. The van der Waals surface area contributed by atoms with E-state index in [1.807, 2.05) is 0 Å². The molecule has 2 aromatic heterocycles. The molecule has 0 amide bonds. The van der Waals surface area contributed by atoms with Crippen molar-refractivity contribution in [1.29, 1.82) is 0 Å². The fourth-order valence-corrected chi connectivity index (χ4v) is 10.5. The Labute approximate surface area is 325 Å². The van der Waals surface area contributed by atoms with Crippen molar-refractivity contribution in [2.24, 2.45) is 11.8 Å². The maximum absolute atomic E-state index is 13.6. The third kappa shape index (κ3) is 12.6. The highest BCUT2D eigenvalue weighted by Gasteiger charge is 2.41. The summed E-state index contributed by atoms with van der Waals surface area (Å²) in [5.41, 5.74) is -2.12. The van der Waals surface area contributed by atoms with Gasteiger partial charge in [-0.25, -0.2) is 31.1 Å². The van der Waals surface area contributed by atoms with Crippen molar-refractivity contribution in [2.45, 2.75) is 113 Å². The first-order valence-electron chi connectivity index (χ1n) is 18.2. The van der Waals surface area contributed by atoms with Crippen molar-refractivity contribution in [3.05, 3.63) is 24.2 Å². The van der Waals surface area contributed by atoms with Crippen molar-refractivity contribution in [3.63, 3.8) is 0 Å². The summed E-state index contributed by atoms with van der Waals surface area (Å²) in [4.78, 5) is 31.2. The van der Waals surface area contributed by atoms with E-state index in [0.717, 1.165) is 12.4 Å². The molecule has 4 unspecified atom stereocenters. The zero-order chi connectivity index (χ0) is 41.5. The Hall–Kier alpha value is -3.24. The lowest BCUT2D eigenvalue weighted by molar-refractivity contribution is -0.149. The highest BCUT2D eigenvalue weighted by molar-refractivity contribution is 8.14. The van der Waals surface area contributed by atoms with Crippen molar-refractivity contribution in [1.82, 2.24) is 24.1 Å². The number of hydrogen-bond acceptors (Lipinski definition) is 12. The molecule has 0 radical (unpaired) electrons. The maximum atomic E-state index is 13.6. The van der Waals surface area contributed by atoms with Crippen LogP contribution in [0, 0.1) is 11.8 Å². The standard InChI is InChI=1S/C24H30F6N6O4S.C9H15ClO4S/c1-2-40-21(37)15-4-3-5-18(10-15)41(38,39)36-8-6-17(7-9-36)33-22-31-12-19(24(28,29)30)20(34-22)16-11-32-35(13-16)14-23(25,26)27;1-2-14-9(11)7-4-3-5-8(6-7)15(10,12)13/h11-13,15,17-18H,2-10,14H2,1H3,(H,31,33,34);7-8H,2-6H2,1H3. The van der Waals surface area contributed by atoms with Gasteiger partial charge in [-0.3, -0.25) is 14.3 Å². The summed E-state index contributed by atoms with van der Waals surface area (Å²) < 4.78 is 140. The second-order valence-corrected chi connectivity index (χ2v) is 18.9. The molecular weight excluding hydrogens is 822 g/mol. The normalized spacial score (nSPS) is 23.1. The number of carbonyl (C=O) groups is 2. The summed E-state index contributed by atoms with van der Waals surface area (Å²) in [5.74, 6) is -1.64. The average molecular weight is 867 g/mol. The van der Waals surface area contributed by atoms with Crippen LogP contribution in [0.2, 0.25) is 0 Å². The monoisotopic (exact) mass is 866 g/mol. The van der Waals surface area contributed by atoms with Crippen LogP contribution in [0.4, 0.5) is 32.3 Å². The summed E-state index contributed by atoms with van der Waals surface area (Å²) in [6.07, 6.45) is -2.55. The Morgan fingerprint density at radius 2 is 1.41 bits per heavy atom. The zero-order valence-electron chi connectivity index (χ0n) is 30.7. The number of hydrogen-bond donors (Lipinski definition) is 1. The molecule has 1 saturated heterocycles. The molecule has 2 aliphatic carbocycles. The van der Waals surface area contributed by atoms with Crippen molar-refractivity contribution in [3.8, 4) is 11.3 Å². The Morgan fingerprint density at radius 3 is 1.93 bits per heavy atom. The van der Waals surface area contributed by atoms with Crippen LogP contribution in [0.3, 0.4) is 0 Å². The van der Waals surface area contributed by atoms with Crippen LogP contribution in [0.25, 0.3) is 11.3 Å². The van der Waals surface area contributed by atoms with Gasteiger partial charge in [-0.1, -0.05) is 12.8 Å². The minimum absolute atomic E-state index is 0.151. The van der Waals surface area contributed by atoms with E-state index in [1.54, 1.807) is 13.8 Å². The lowest BCUT2D eigenvalue weighted by Gasteiger charge is -2.36. The SMILES string of the molecule is CCOC(=O)C1CCCC(S(=O)(=O)Cl)C1.CCOC(=O)C1CCCC(S(=O)(=O)N2CCC(Nc3ncc(C(F)(F)F)c(-c4cnn(CC(F)(F)F)c4)n3)CC2)C1. The van der Waals surface area contributed by atoms with Crippen LogP contribution in [0.15, 0.2) is 18.6 Å². The molecule has 2 saturated carbocycles. The predicted octanol–water partition coefficient (Wildman–Crippen LogP) is 5.93. The van der Waals surface area contributed by atoms with Crippen LogP contribution in [-0.2, 0) is 50.9 Å². The third-order valence-corrected chi connectivity index (χ3v) is 14.1. The lowest BCUT2D eigenvalue weighted by Crippen LogP contribution is -2.47. The topological polar surface area (TPSA) is 180 Å². The summed E-state index contributed by atoms with van der Waals surface area (Å²) in [6, 6.07) is -0.363. The smallest absolute Gasteiger partial charge is 0.419 e. The van der Waals surface area contributed by atoms with E-state index >= 15 is 0 Å². The number of anilines is 1. The van der Waals surface area contributed by atoms with Gasteiger partial charge in [0.15, 0.2) is 0 Å². The number of piperidine rings is 1. The molecule has 316 valence electrons. The third-order valence-electron chi connectivity index (χ3n) is 9.80. The van der Waals surface area contributed by atoms with Gasteiger partial charge in [0.2, 0.25) is 25.0 Å². The van der Waals surface area contributed by atoms with E-state index in [2.05, 4.69) is 20.4 Å². The number of nitrogens with one attached hydrogen (secondary N) is 1. The molecule has 1 N–H and O–H groups in total. The van der Waals surface area contributed by atoms with Gasteiger partial charge in [0.1, 0.15) is 12.1 Å². The van der Waals surface area contributed by atoms with Gasteiger partial charge in [0.25, 0.3) is 0 Å². The molecular formula is C33H45ClF6N6O8S2.